The van der Waals surface area contributed by atoms with Gasteiger partial charge in [-0.15, -0.1) is 5.10 Å². The van der Waals surface area contributed by atoms with E-state index in [2.05, 4.69) is 15.4 Å². The van der Waals surface area contributed by atoms with E-state index >= 15 is 0 Å². The Labute approximate surface area is 111 Å². The number of aromatic nitrogens is 3. The number of nitrogens with one attached hydrogen (secondary N) is 1. The number of hydrogen-bond donors (Lipinski definition) is 2. The molecule has 0 atom stereocenters. The van der Waals surface area contributed by atoms with Crippen LogP contribution in [0.5, 0.6) is 0 Å². The van der Waals surface area contributed by atoms with Gasteiger partial charge in [0.25, 0.3) is 0 Å². The number of carbonyl (C=O) groups excluding carboxylic acids is 1. The van der Waals surface area contributed by atoms with E-state index in [0.717, 1.165) is 12.1 Å². The minimum absolute atomic E-state index is 0.0110. The summed E-state index contributed by atoms with van der Waals surface area (Å²) in [6.07, 6.45) is -3.21. The molecule has 1 amide bonds. The predicted molar refractivity (Wildman–Crippen MR) is 64.5 cm³/mol. The molecule has 0 bridgehead atoms. The number of hydrogen-bond acceptors (Lipinski definition) is 4. The van der Waals surface area contributed by atoms with Crippen LogP contribution in [0.4, 0.5) is 24.8 Å². The van der Waals surface area contributed by atoms with Crippen LogP contribution in [0.1, 0.15) is 5.56 Å². The number of alkyl halides is 3. The molecule has 0 fully saturated rings. The highest BCUT2D eigenvalue weighted by atomic mass is 19.4. The van der Waals surface area contributed by atoms with Crippen LogP contribution in [-0.4, -0.2) is 20.7 Å². The second-order valence-corrected chi connectivity index (χ2v) is 3.93. The first-order valence-electron chi connectivity index (χ1n) is 5.46. The molecule has 0 aliphatic heterocycles. The van der Waals surface area contributed by atoms with Gasteiger partial charge < -0.3 is 11.1 Å². The van der Waals surface area contributed by atoms with Gasteiger partial charge in [0.2, 0.25) is 11.9 Å². The maximum absolute atomic E-state index is 12.5. The van der Waals surface area contributed by atoms with Crippen molar-refractivity contribution in [2.75, 3.05) is 11.1 Å². The molecular weight excluding hydrogens is 275 g/mol. The van der Waals surface area contributed by atoms with Crippen LogP contribution in [-0.2, 0) is 17.5 Å². The van der Waals surface area contributed by atoms with Gasteiger partial charge in [0.1, 0.15) is 12.9 Å². The average molecular weight is 285 g/mol. The zero-order valence-corrected chi connectivity index (χ0v) is 10.1. The molecule has 6 nitrogen and oxygen atoms in total. The Hall–Kier alpha value is -2.58. The Kier molecular flexibility index (Phi) is 3.59. The van der Waals surface area contributed by atoms with Crippen LogP contribution < -0.4 is 11.1 Å². The molecule has 0 unspecified atom stereocenters. The van der Waals surface area contributed by atoms with Crippen LogP contribution in [0.3, 0.4) is 0 Å². The first-order valence-corrected chi connectivity index (χ1v) is 5.46. The molecule has 9 heteroatoms. The number of anilines is 2. The minimum atomic E-state index is -4.46. The van der Waals surface area contributed by atoms with Crippen molar-refractivity contribution in [3.05, 3.63) is 36.2 Å². The van der Waals surface area contributed by atoms with Gasteiger partial charge in [-0.05, 0) is 18.2 Å². The third kappa shape index (κ3) is 3.46. The van der Waals surface area contributed by atoms with Crippen molar-refractivity contribution in [3.8, 4) is 0 Å². The molecule has 1 aromatic heterocycles. The van der Waals surface area contributed by atoms with Gasteiger partial charge in [0.05, 0.1) is 5.56 Å². The number of amides is 1. The highest BCUT2D eigenvalue weighted by molar-refractivity contribution is 5.90. The highest BCUT2D eigenvalue weighted by Crippen LogP contribution is 2.30. The van der Waals surface area contributed by atoms with Crippen molar-refractivity contribution in [3.63, 3.8) is 0 Å². The predicted octanol–water partition coefficient (Wildman–Crippen LogP) is 1.52. The van der Waals surface area contributed by atoms with Gasteiger partial charge in [0, 0.05) is 5.69 Å². The lowest BCUT2D eigenvalue weighted by Gasteiger charge is -2.09. The second kappa shape index (κ2) is 5.19. The van der Waals surface area contributed by atoms with Gasteiger partial charge >= 0.3 is 6.18 Å². The molecule has 0 saturated heterocycles. The van der Waals surface area contributed by atoms with Gasteiger partial charge in [-0.3, -0.25) is 4.79 Å². The maximum atomic E-state index is 12.5. The quantitative estimate of drug-likeness (QED) is 0.895. The molecule has 0 aliphatic rings. The van der Waals surface area contributed by atoms with E-state index < -0.39 is 17.6 Å². The first kappa shape index (κ1) is 13.8. The lowest BCUT2D eigenvalue weighted by Crippen LogP contribution is -2.19. The van der Waals surface area contributed by atoms with Crippen molar-refractivity contribution in [1.29, 1.82) is 0 Å². The molecule has 2 aromatic rings. The number of nitrogens with zero attached hydrogens (tertiary/aromatic N) is 3. The molecule has 0 radical (unpaired) electrons. The summed E-state index contributed by atoms with van der Waals surface area (Å²) in [7, 11) is 0. The van der Waals surface area contributed by atoms with Crippen LogP contribution in [0.25, 0.3) is 0 Å². The lowest BCUT2D eigenvalue weighted by molar-refractivity contribution is -0.137. The molecule has 106 valence electrons. The van der Waals surface area contributed by atoms with Crippen molar-refractivity contribution in [2.24, 2.45) is 0 Å². The standard InChI is InChI=1S/C11H10F3N5O/c12-11(13,14)7-2-1-3-8(4-7)17-9(20)5-19-6-16-10(15)18-19/h1-4,6H,5H2,(H2,15,18)(H,17,20). The summed E-state index contributed by atoms with van der Waals surface area (Å²) in [4.78, 5) is 15.3. The monoisotopic (exact) mass is 285 g/mol. The number of benzene rings is 1. The van der Waals surface area contributed by atoms with E-state index in [-0.39, 0.29) is 18.2 Å². The Morgan fingerprint density at radius 2 is 2.15 bits per heavy atom. The maximum Gasteiger partial charge on any atom is 0.416 e. The van der Waals surface area contributed by atoms with Crippen LogP contribution in [0, 0.1) is 0 Å². The van der Waals surface area contributed by atoms with Crippen LogP contribution in [0.2, 0.25) is 0 Å². The van der Waals surface area contributed by atoms with E-state index in [1.807, 2.05) is 0 Å². The number of halogens is 3. The summed E-state index contributed by atoms with van der Waals surface area (Å²) in [5.41, 5.74) is 4.50. The third-order valence-electron chi connectivity index (χ3n) is 2.33. The summed E-state index contributed by atoms with van der Waals surface area (Å²) < 4.78 is 38.7. The molecule has 3 N–H and O–H groups in total. The van der Waals surface area contributed by atoms with Crippen molar-refractivity contribution in [1.82, 2.24) is 14.8 Å². The van der Waals surface area contributed by atoms with Crippen molar-refractivity contribution < 1.29 is 18.0 Å². The summed E-state index contributed by atoms with van der Waals surface area (Å²) in [5, 5.41) is 6.04. The van der Waals surface area contributed by atoms with Gasteiger partial charge in [-0.2, -0.15) is 13.2 Å². The molecule has 20 heavy (non-hydrogen) atoms. The fourth-order valence-electron chi connectivity index (χ4n) is 1.51. The smallest absolute Gasteiger partial charge is 0.367 e. The topological polar surface area (TPSA) is 85.8 Å². The number of nitrogens with two attached hydrogens (primary N) is 1. The molecular formula is C11H10F3N5O. The SMILES string of the molecule is Nc1ncn(CC(=O)Nc2cccc(C(F)(F)F)c2)n1. The minimum Gasteiger partial charge on any atom is -0.367 e. The van der Waals surface area contributed by atoms with Crippen LogP contribution >= 0.6 is 0 Å². The highest BCUT2D eigenvalue weighted by Gasteiger charge is 2.30. The fourth-order valence-corrected chi connectivity index (χ4v) is 1.51. The Morgan fingerprint density at radius 1 is 1.40 bits per heavy atom. The fraction of sp³-hybridized carbons (Fsp3) is 0.182. The number of nitrogen functional groups attached to an aromatic ring is 1. The van der Waals surface area contributed by atoms with Crippen molar-refractivity contribution >= 4 is 17.5 Å². The normalized spacial score (nSPS) is 11.3. The summed E-state index contributed by atoms with van der Waals surface area (Å²) in [6, 6.07) is 4.36. The summed E-state index contributed by atoms with van der Waals surface area (Å²) in [5.74, 6) is -0.522. The van der Waals surface area contributed by atoms with Crippen LogP contribution in [0.15, 0.2) is 30.6 Å². The van der Waals surface area contributed by atoms with Gasteiger partial charge in [-0.25, -0.2) is 9.67 Å². The molecule has 1 aromatic carbocycles. The average Bonchev–Trinajstić information content (AvgIpc) is 2.73. The first-order chi connectivity index (χ1) is 9.34. The van der Waals surface area contributed by atoms with E-state index in [9.17, 15) is 18.0 Å². The number of carbonyl (C=O) groups is 1. The Morgan fingerprint density at radius 3 is 2.75 bits per heavy atom. The molecule has 0 saturated carbocycles. The summed E-state index contributed by atoms with van der Waals surface area (Å²) >= 11 is 0. The van der Waals surface area contributed by atoms with E-state index in [0.29, 0.717) is 0 Å². The molecule has 0 spiro atoms. The summed E-state index contributed by atoms with van der Waals surface area (Å²) in [6.45, 7) is -0.194. The van der Waals surface area contributed by atoms with E-state index in [4.69, 9.17) is 5.73 Å². The molecule has 1 heterocycles. The zero-order chi connectivity index (χ0) is 14.8. The second-order valence-electron chi connectivity index (χ2n) is 3.93. The largest absolute Gasteiger partial charge is 0.416 e. The Balaban J connectivity index is 2.04. The number of rotatable bonds is 3. The third-order valence-corrected chi connectivity index (χ3v) is 2.33. The molecule has 2 rings (SSSR count). The van der Waals surface area contributed by atoms with E-state index in [1.54, 1.807) is 0 Å². The lowest BCUT2D eigenvalue weighted by atomic mass is 10.2. The molecule has 0 aliphatic carbocycles. The Bertz CT molecular complexity index is 623. The zero-order valence-electron chi connectivity index (χ0n) is 10.1. The van der Waals surface area contributed by atoms with Crippen molar-refractivity contribution in [2.45, 2.75) is 12.7 Å². The van der Waals surface area contributed by atoms with Gasteiger partial charge in [-0.1, -0.05) is 6.07 Å². The van der Waals surface area contributed by atoms with E-state index in [1.165, 1.54) is 23.1 Å². The van der Waals surface area contributed by atoms with Gasteiger partial charge in [0.15, 0.2) is 0 Å².